The summed E-state index contributed by atoms with van der Waals surface area (Å²) in [5.41, 5.74) is 6.71. The molecule has 0 aliphatic heterocycles. The van der Waals surface area contributed by atoms with E-state index in [-0.39, 0.29) is 0 Å². The van der Waals surface area contributed by atoms with Crippen LogP contribution < -0.4 is 16.2 Å². The monoisotopic (exact) mass is 329 g/mol. The van der Waals surface area contributed by atoms with E-state index >= 15 is 0 Å². The van der Waals surface area contributed by atoms with Crippen molar-refractivity contribution < 1.29 is 4.79 Å². The van der Waals surface area contributed by atoms with Crippen molar-refractivity contribution in [1.29, 1.82) is 0 Å². The highest BCUT2D eigenvalue weighted by atomic mass is 35.5. The topological polar surface area (TPSA) is 78.9 Å². The summed E-state index contributed by atoms with van der Waals surface area (Å²) in [5, 5.41) is 4.29. The Morgan fingerprint density at radius 2 is 2.25 bits per heavy atom. The Balaban J connectivity index is 1.90. The van der Waals surface area contributed by atoms with Crippen molar-refractivity contribution in [1.82, 2.24) is 14.8 Å². The van der Waals surface area contributed by atoms with Gasteiger partial charge in [0.15, 0.2) is 0 Å². The molecule has 0 radical (unpaired) electrons. The number of halogens is 1. The standard InChI is InChI=1S/C11H12ClN5OS2/c1-6-3-4-7(12)8(5-6)13-9(18)15-16-10-14-11(19-2)17-20-10/h3-5H,1-2H3,(H2,13,15,18)(H,14,16,17). The summed E-state index contributed by atoms with van der Waals surface area (Å²) in [4.78, 5) is 15.9. The summed E-state index contributed by atoms with van der Waals surface area (Å²) in [6.45, 7) is 1.92. The number of hydrogen-bond donors (Lipinski definition) is 3. The van der Waals surface area contributed by atoms with Gasteiger partial charge in [0, 0.05) is 11.5 Å². The van der Waals surface area contributed by atoms with Crippen LogP contribution in [0.1, 0.15) is 5.56 Å². The molecule has 0 aliphatic rings. The average Bonchev–Trinajstić information content (AvgIpc) is 2.89. The van der Waals surface area contributed by atoms with Crippen LogP contribution in [0.4, 0.5) is 15.6 Å². The first-order chi connectivity index (χ1) is 9.58. The van der Waals surface area contributed by atoms with Crippen molar-refractivity contribution >= 4 is 51.7 Å². The smallest absolute Gasteiger partial charge is 0.305 e. The molecule has 9 heteroatoms. The van der Waals surface area contributed by atoms with Crippen LogP contribution in [0.25, 0.3) is 0 Å². The number of rotatable bonds is 4. The summed E-state index contributed by atoms with van der Waals surface area (Å²) >= 11 is 8.59. The number of anilines is 2. The Labute approximate surface area is 129 Å². The Kier molecular flexibility index (Phi) is 5.05. The molecule has 2 amide bonds. The van der Waals surface area contributed by atoms with Gasteiger partial charge in [-0.1, -0.05) is 29.4 Å². The Morgan fingerprint density at radius 1 is 1.45 bits per heavy atom. The fourth-order valence-corrected chi connectivity index (χ4v) is 2.59. The molecule has 6 nitrogen and oxygen atoms in total. The summed E-state index contributed by atoms with van der Waals surface area (Å²) in [6.07, 6.45) is 1.88. The Morgan fingerprint density at radius 3 is 2.95 bits per heavy atom. The van der Waals surface area contributed by atoms with Crippen molar-refractivity contribution in [2.45, 2.75) is 12.1 Å². The first-order valence-electron chi connectivity index (χ1n) is 5.55. The molecule has 2 rings (SSSR count). The van der Waals surface area contributed by atoms with E-state index in [0.29, 0.717) is 21.0 Å². The fourth-order valence-electron chi connectivity index (χ4n) is 1.34. The van der Waals surface area contributed by atoms with Crippen molar-refractivity contribution in [3.63, 3.8) is 0 Å². The predicted molar refractivity (Wildman–Crippen MR) is 83.7 cm³/mol. The molecular weight excluding hydrogens is 318 g/mol. The number of amides is 2. The molecule has 0 bridgehead atoms. The molecule has 0 saturated carbocycles. The molecule has 1 aromatic carbocycles. The predicted octanol–water partition coefficient (Wildman–Crippen LogP) is 3.37. The lowest BCUT2D eigenvalue weighted by Crippen LogP contribution is -2.33. The lowest BCUT2D eigenvalue weighted by Gasteiger charge is -2.09. The van der Waals surface area contributed by atoms with Gasteiger partial charge in [0.1, 0.15) is 0 Å². The van der Waals surface area contributed by atoms with E-state index in [2.05, 4.69) is 25.5 Å². The number of aryl methyl sites for hydroxylation is 1. The van der Waals surface area contributed by atoms with Gasteiger partial charge in [0.05, 0.1) is 10.7 Å². The number of hydrogen-bond acceptors (Lipinski definition) is 6. The van der Waals surface area contributed by atoms with E-state index in [0.717, 1.165) is 5.56 Å². The van der Waals surface area contributed by atoms with Crippen LogP contribution in [-0.2, 0) is 0 Å². The Hall–Kier alpha value is -1.51. The zero-order valence-corrected chi connectivity index (χ0v) is 13.1. The maximum Gasteiger partial charge on any atom is 0.337 e. The number of hydrazine groups is 1. The van der Waals surface area contributed by atoms with Crippen LogP contribution in [-0.4, -0.2) is 21.6 Å². The van der Waals surface area contributed by atoms with Crippen LogP contribution in [0, 0.1) is 6.92 Å². The lowest BCUT2D eigenvalue weighted by atomic mass is 10.2. The van der Waals surface area contributed by atoms with Crippen LogP contribution in [0.3, 0.4) is 0 Å². The molecule has 20 heavy (non-hydrogen) atoms. The maximum atomic E-state index is 11.7. The third-order valence-corrected chi connectivity index (χ3v) is 3.87. The quantitative estimate of drug-likeness (QED) is 0.592. The largest absolute Gasteiger partial charge is 0.337 e. The summed E-state index contributed by atoms with van der Waals surface area (Å²) in [6, 6.07) is 4.96. The van der Waals surface area contributed by atoms with Crippen LogP contribution in [0.5, 0.6) is 0 Å². The van der Waals surface area contributed by atoms with E-state index in [9.17, 15) is 4.79 Å². The lowest BCUT2D eigenvalue weighted by molar-refractivity contribution is 0.254. The maximum absolute atomic E-state index is 11.7. The van der Waals surface area contributed by atoms with Crippen LogP contribution in [0.15, 0.2) is 23.4 Å². The first-order valence-corrected chi connectivity index (χ1v) is 7.93. The van der Waals surface area contributed by atoms with Gasteiger partial charge in [-0.15, -0.1) is 0 Å². The third kappa shape index (κ3) is 3.99. The molecule has 1 heterocycles. The van der Waals surface area contributed by atoms with Crippen LogP contribution in [0.2, 0.25) is 5.02 Å². The van der Waals surface area contributed by atoms with Gasteiger partial charge in [0.25, 0.3) is 0 Å². The molecular formula is C11H12ClN5OS2. The molecule has 0 aliphatic carbocycles. The zero-order valence-electron chi connectivity index (χ0n) is 10.7. The highest BCUT2D eigenvalue weighted by Crippen LogP contribution is 2.22. The van der Waals surface area contributed by atoms with Gasteiger partial charge in [-0.05, 0) is 30.9 Å². The average molecular weight is 330 g/mol. The molecule has 0 fully saturated rings. The highest BCUT2D eigenvalue weighted by Gasteiger charge is 2.07. The van der Waals surface area contributed by atoms with Gasteiger partial charge in [-0.2, -0.15) is 9.36 Å². The molecule has 1 aromatic heterocycles. The number of carbonyl (C=O) groups is 1. The molecule has 0 spiro atoms. The van der Waals surface area contributed by atoms with Crippen LogP contribution >= 0.6 is 34.9 Å². The molecule has 2 aromatic rings. The number of benzene rings is 1. The highest BCUT2D eigenvalue weighted by molar-refractivity contribution is 7.98. The van der Waals surface area contributed by atoms with Gasteiger partial charge in [0.2, 0.25) is 10.3 Å². The normalized spacial score (nSPS) is 10.2. The first kappa shape index (κ1) is 14.9. The van der Waals surface area contributed by atoms with Crippen molar-refractivity contribution in [2.24, 2.45) is 0 Å². The number of urea groups is 1. The summed E-state index contributed by atoms with van der Waals surface area (Å²) < 4.78 is 4.06. The van der Waals surface area contributed by atoms with Gasteiger partial charge >= 0.3 is 6.03 Å². The van der Waals surface area contributed by atoms with E-state index in [1.165, 1.54) is 23.3 Å². The number of carbonyl (C=O) groups excluding carboxylic acids is 1. The van der Waals surface area contributed by atoms with Gasteiger partial charge in [-0.3, -0.25) is 5.43 Å². The number of thioether (sulfide) groups is 1. The molecule has 0 saturated heterocycles. The van der Waals surface area contributed by atoms with Crippen molar-refractivity contribution in [3.05, 3.63) is 28.8 Å². The Bertz CT molecular complexity index is 619. The number of nitrogens with zero attached hydrogens (tertiary/aromatic N) is 2. The minimum Gasteiger partial charge on any atom is -0.305 e. The SMILES string of the molecule is CSc1nsc(NNC(=O)Nc2cc(C)ccc2Cl)n1. The summed E-state index contributed by atoms with van der Waals surface area (Å²) in [7, 11) is 0. The fraction of sp³-hybridized carbons (Fsp3) is 0.182. The molecule has 3 N–H and O–H groups in total. The van der Waals surface area contributed by atoms with E-state index in [1.54, 1.807) is 12.1 Å². The molecule has 0 unspecified atom stereocenters. The number of aromatic nitrogens is 2. The minimum atomic E-state index is -0.432. The molecule has 106 valence electrons. The van der Waals surface area contributed by atoms with E-state index in [4.69, 9.17) is 11.6 Å². The van der Waals surface area contributed by atoms with E-state index < -0.39 is 6.03 Å². The minimum absolute atomic E-state index is 0.432. The zero-order chi connectivity index (χ0) is 14.5. The second-order valence-corrected chi connectivity index (χ2v) is 5.71. The third-order valence-electron chi connectivity index (χ3n) is 2.24. The van der Waals surface area contributed by atoms with Gasteiger partial charge in [-0.25, -0.2) is 10.2 Å². The second-order valence-electron chi connectivity index (χ2n) is 3.77. The van der Waals surface area contributed by atoms with Gasteiger partial charge < -0.3 is 5.32 Å². The second kappa shape index (κ2) is 6.78. The van der Waals surface area contributed by atoms with Crippen molar-refractivity contribution in [3.8, 4) is 0 Å². The molecule has 0 atom stereocenters. The summed E-state index contributed by atoms with van der Waals surface area (Å²) in [5.74, 6) is 0. The van der Waals surface area contributed by atoms with E-state index in [1.807, 2.05) is 19.2 Å². The van der Waals surface area contributed by atoms with Crippen molar-refractivity contribution in [2.75, 3.05) is 17.0 Å². The number of nitrogens with one attached hydrogen (secondary N) is 3.